The molecule has 0 aromatic carbocycles. The average Bonchev–Trinajstić information content (AvgIpc) is 2.16. The van der Waals surface area contributed by atoms with Crippen molar-refractivity contribution in [2.75, 3.05) is 31.2 Å². The topological polar surface area (TPSA) is 82.4 Å². The highest BCUT2D eigenvalue weighted by atomic mass is 35.5. The second kappa shape index (κ2) is 6.02. The summed E-state index contributed by atoms with van der Waals surface area (Å²) >= 11 is 11.2. The smallest absolute Gasteiger partial charge is 0.231 e. The maximum absolute atomic E-state index is 8.80. The third-order valence-electron chi connectivity index (χ3n) is 1.59. The highest BCUT2D eigenvalue weighted by Gasteiger charge is 2.11. The number of aliphatic hydroxyl groups excluding tert-OH is 2. The summed E-state index contributed by atoms with van der Waals surface area (Å²) in [6.45, 7) is 0.413. The molecule has 0 atom stereocenters. The number of hydrogen-bond donors (Lipinski definition) is 2. The van der Waals surface area contributed by atoms with Crippen LogP contribution < -0.4 is 4.90 Å². The zero-order valence-corrected chi connectivity index (χ0v) is 9.28. The van der Waals surface area contributed by atoms with Gasteiger partial charge in [-0.1, -0.05) is 0 Å². The second-order valence-electron chi connectivity index (χ2n) is 2.61. The molecule has 0 spiro atoms. The molecule has 1 aromatic heterocycles. The van der Waals surface area contributed by atoms with Crippen molar-refractivity contribution >= 4 is 29.2 Å². The molecular weight excluding hydrogens is 243 g/mol. The first-order valence-corrected chi connectivity index (χ1v) is 4.96. The van der Waals surface area contributed by atoms with E-state index >= 15 is 0 Å². The van der Waals surface area contributed by atoms with Crippen LogP contribution in [-0.2, 0) is 0 Å². The minimum absolute atomic E-state index is 0.0223. The molecule has 0 saturated heterocycles. The highest BCUT2D eigenvalue weighted by Crippen LogP contribution is 2.13. The molecule has 8 heteroatoms. The summed E-state index contributed by atoms with van der Waals surface area (Å²) in [5.41, 5.74) is 0. The fourth-order valence-corrected chi connectivity index (χ4v) is 1.37. The molecule has 0 bridgehead atoms. The summed E-state index contributed by atoms with van der Waals surface area (Å²) in [7, 11) is 0. The van der Waals surface area contributed by atoms with Gasteiger partial charge in [-0.15, -0.1) is 0 Å². The maximum Gasteiger partial charge on any atom is 0.231 e. The summed E-state index contributed by atoms with van der Waals surface area (Å²) in [5, 5.41) is 17.6. The summed E-state index contributed by atoms with van der Waals surface area (Å²) in [5.74, 6) is 0.239. The normalized spacial score (nSPS) is 10.4. The Labute approximate surface area is 96.5 Å². The van der Waals surface area contributed by atoms with Gasteiger partial charge in [0, 0.05) is 13.1 Å². The SMILES string of the molecule is OCCN(CCO)c1nc(Cl)nc(Cl)n1. The lowest BCUT2D eigenvalue weighted by Crippen LogP contribution is -2.31. The van der Waals surface area contributed by atoms with E-state index in [1.54, 1.807) is 4.90 Å². The molecule has 84 valence electrons. The molecule has 0 aliphatic heterocycles. The van der Waals surface area contributed by atoms with E-state index in [1.165, 1.54) is 0 Å². The number of aliphatic hydroxyl groups is 2. The summed E-state index contributed by atoms with van der Waals surface area (Å²) in [4.78, 5) is 12.8. The van der Waals surface area contributed by atoms with Crippen LogP contribution in [0, 0.1) is 0 Å². The van der Waals surface area contributed by atoms with Gasteiger partial charge in [-0.05, 0) is 23.2 Å². The van der Waals surface area contributed by atoms with E-state index in [-0.39, 0.29) is 42.8 Å². The summed E-state index contributed by atoms with van der Waals surface area (Å²) in [6.07, 6.45) is 0. The van der Waals surface area contributed by atoms with E-state index in [4.69, 9.17) is 33.4 Å². The van der Waals surface area contributed by atoms with E-state index in [0.717, 1.165) is 0 Å². The van der Waals surface area contributed by atoms with Crippen LogP contribution in [0.2, 0.25) is 10.6 Å². The van der Waals surface area contributed by atoms with Crippen molar-refractivity contribution in [3.8, 4) is 0 Å². The molecular formula is C7H10Cl2N4O2. The maximum atomic E-state index is 8.80. The first kappa shape index (κ1) is 12.4. The molecule has 0 aliphatic carbocycles. The molecule has 1 heterocycles. The highest BCUT2D eigenvalue weighted by molar-refractivity contribution is 6.31. The quantitative estimate of drug-likeness (QED) is 0.766. The Morgan fingerprint density at radius 1 is 0.933 bits per heavy atom. The van der Waals surface area contributed by atoms with E-state index in [2.05, 4.69) is 15.0 Å². The molecule has 0 fully saturated rings. The van der Waals surface area contributed by atoms with Crippen LogP contribution in [0.25, 0.3) is 0 Å². The van der Waals surface area contributed by atoms with Crippen LogP contribution in [0.15, 0.2) is 0 Å². The van der Waals surface area contributed by atoms with Crippen LogP contribution in [0.4, 0.5) is 5.95 Å². The number of hydrogen-bond acceptors (Lipinski definition) is 6. The number of aromatic nitrogens is 3. The van der Waals surface area contributed by atoms with Crippen LogP contribution >= 0.6 is 23.2 Å². The van der Waals surface area contributed by atoms with Gasteiger partial charge in [0.1, 0.15) is 0 Å². The van der Waals surface area contributed by atoms with Gasteiger partial charge in [0.25, 0.3) is 0 Å². The minimum Gasteiger partial charge on any atom is -0.395 e. The molecule has 15 heavy (non-hydrogen) atoms. The molecule has 1 rings (SSSR count). The van der Waals surface area contributed by atoms with Crippen molar-refractivity contribution in [3.05, 3.63) is 10.6 Å². The third-order valence-corrected chi connectivity index (χ3v) is 1.93. The van der Waals surface area contributed by atoms with Crippen LogP contribution in [-0.4, -0.2) is 51.5 Å². The lowest BCUT2D eigenvalue weighted by Gasteiger charge is -2.20. The average molecular weight is 253 g/mol. The van der Waals surface area contributed by atoms with Gasteiger partial charge in [-0.25, -0.2) is 0 Å². The Balaban J connectivity index is 2.88. The van der Waals surface area contributed by atoms with Crippen molar-refractivity contribution in [3.63, 3.8) is 0 Å². The van der Waals surface area contributed by atoms with E-state index in [1.807, 2.05) is 0 Å². The number of halogens is 2. The van der Waals surface area contributed by atoms with Crippen LogP contribution in [0.1, 0.15) is 0 Å². The lowest BCUT2D eigenvalue weighted by molar-refractivity contribution is 0.280. The van der Waals surface area contributed by atoms with Gasteiger partial charge in [0.15, 0.2) is 0 Å². The number of anilines is 1. The second-order valence-corrected chi connectivity index (χ2v) is 3.28. The third kappa shape index (κ3) is 3.75. The van der Waals surface area contributed by atoms with Crippen molar-refractivity contribution in [2.24, 2.45) is 0 Å². The van der Waals surface area contributed by atoms with Crippen molar-refractivity contribution in [1.82, 2.24) is 15.0 Å². The van der Waals surface area contributed by atoms with Crippen molar-refractivity contribution < 1.29 is 10.2 Å². The summed E-state index contributed by atoms with van der Waals surface area (Å²) in [6, 6.07) is 0. The van der Waals surface area contributed by atoms with Crippen LogP contribution in [0.5, 0.6) is 0 Å². The Hall–Kier alpha value is -0.690. The first-order valence-electron chi connectivity index (χ1n) is 4.21. The van der Waals surface area contributed by atoms with E-state index < -0.39 is 0 Å². The predicted octanol–water partition coefficient (Wildman–Crippen LogP) is -0.0306. The Bertz CT molecular complexity index is 300. The Morgan fingerprint density at radius 3 is 1.80 bits per heavy atom. The van der Waals surface area contributed by atoms with E-state index in [9.17, 15) is 0 Å². The van der Waals surface area contributed by atoms with Gasteiger partial charge < -0.3 is 15.1 Å². The van der Waals surface area contributed by atoms with Gasteiger partial charge in [-0.2, -0.15) is 15.0 Å². The van der Waals surface area contributed by atoms with E-state index in [0.29, 0.717) is 0 Å². The molecule has 0 aliphatic rings. The number of rotatable bonds is 5. The zero-order chi connectivity index (χ0) is 11.3. The predicted molar refractivity (Wildman–Crippen MR) is 56.2 cm³/mol. The minimum atomic E-state index is -0.0824. The van der Waals surface area contributed by atoms with Crippen LogP contribution in [0.3, 0.4) is 0 Å². The Kier molecular flexibility index (Phi) is 4.97. The molecule has 0 unspecified atom stereocenters. The van der Waals surface area contributed by atoms with Gasteiger partial charge in [0.05, 0.1) is 13.2 Å². The Morgan fingerprint density at radius 2 is 1.40 bits per heavy atom. The fraction of sp³-hybridized carbons (Fsp3) is 0.571. The monoisotopic (exact) mass is 252 g/mol. The summed E-state index contributed by atoms with van der Waals surface area (Å²) < 4.78 is 0. The molecule has 0 saturated carbocycles. The fourth-order valence-electron chi connectivity index (χ4n) is 1.01. The largest absolute Gasteiger partial charge is 0.395 e. The molecule has 1 aromatic rings. The van der Waals surface area contributed by atoms with Gasteiger partial charge >= 0.3 is 0 Å². The van der Waals surface area contributed by atoms with Gasteiger partial charge in [-0.3, -0.25) is 0 Å². The zero-order valence-electron chi connectivity index (χ0n) is 7.77. The lowest BCUT2D eigenvalue weighted by atomic mass is 10.5. The first-order chi connectivity index (χ1) is 7.17. The standard InChI is InChI=1S/C7H10Cl2N4O2/c8-5-10-6(9)12-7(11-5)13(1-3-14)2-4-15/h14-15H,1-4H2. The molecule has 6 nitrogen and oxygen atoms in total. The molecule has 2 N–H and O–H groups in total. The van der Waals surface area contributed by atoms with Crippen molar-refractivity contribution in [2.45, 2.75) is 0 Å². The molecule has 0 radical (unpaired) electrons. The van der Waals surface area contributed by atoms with Gasteiger partial charge in [0.2, 0.25) is 16.5 Å². The number of nitrogens with zero attached hydrogens (tertiary/aromatic N) is 4. The van der Waals surface area contributed by atoms with Crippen molar-refractivity contribution in [1.29, 1.82) is 0 Å². The molecule has 0 amide bonds.